The van der Waals surface area contributed by atoms with E-state index in [0.29, 0.717) is 16.9 Å². The van der Waals surface area contributed by atoms with Crippen molar-refractivity contribution in [3.05, 3.63) is 76.5 Å². The molecule has 0 spiro atoms. The number of ether oxygens (including phenoxy) is 4. The molecular weight excluding hydrogens is 498 g/mol. The number of amides is 1. The molecule has 2 aliphatic rings. The number of hydrogen-bond donors (Lipinski definition) is 1. The summed E-state index contributed by atoms with van der Waals surface area (Å²) in [5.41, 5.74) is 6.26. The summed E-state index contributed by atoms with van der Waals surface area (Å²) in [6, 6.07) is 18.9. The minimum absolute atomic E-state index is 0.0658. The third-order valence-corrected chi connectivity index (χ3v) is 7.20. The fourth-order valence-electron chi connectivity index (χ4n) is 5.35. The topological polar surface area (TPSA) is 155 Å². The molecule has 198 valence electrons. The number of nitrogens with two attached hydrogens (primary N) is 1. The second-order valence-corrected chi connectivity index (χ2v) is 9.04. The van der Waals surface area contributed by atoms with E-state index >= 15 is 0 Å². The van der Waals surface area contributed by atoms with E-state index in [4.69, 9.17) is 24.7 Å². The van der Waals surface area contributed by atoms with Crippen molar-refractivity contribution in [3.63, 3.8) is 0 Å². The van der Waals surface area contributed by atoms with Crippen molar-refractivity contribution >= 4 is 6.09 Å². The van der Waals surface area contributed by atoms with Crippen LogP contribution in [0, 0.1) is 45.3 Å². The van der Waals surface area contributed by atoms with Gasteiger partial charge in [0.2, 0.25) is 5.75 Å². The summed E-state index contributed by atoms with van der Waals surface area (Å²) < 4.78 is 22.2. The van der Waals surface area contributed by atoms with Crippen molar-refractivity contribution in [2.75, 3.05) is 34.4 Å². The third-order valence-electron chi connectivity index (χ3n) is 7.20. The first-order valence-corrected chi connectivity index (χ1v) is 12.1. The lowest BCUT2D eigenvalue weighted by molar-refractivity contribution is 0.0897. The molecule has 0 unspecified atom stereocenters. The van der Waals surface area contributed by atoms with Gasteiger partial charge in [0.15, 0.2) is 16.9 Å². The number of hydrogen-bond acceptors (Lipinski definition) is 9. The van der Waals surface area contributed by atoms with E-state index in [0.717, 1.165) is 5.56 Å². The Bertz CT molecular complexity index is 1450. The van der Waals surface area contributed by atoms with Gasteiger partial charge in [0.25, 0.3) is 0 Å². The molecule has 0 bridgehead atoms. The molecule has 0 aromatic heterocycles. The molecule has 2 N–H and O–H groups in total. The first-order chi connectivity index (χ1) is 18.9. The van der Waals surface area contributed by atoms with Crippen LogP contribution in [0.5, 0.6) is 17.2 Å². The highest BCUT2D eigenvalue weighted by atomic mass is 16.6. The lowest BCUT2D eigenvalue weighted by Gasteiger charge is -2.45. The van der Waals surface area contributed by atoms with Gasteiger partial charge < -0.3 is 29.6 Å². The average molecular weight is 526 g/mol. The zero-order valence-electron chi connectivity index (χ0n) is 21.8. The molecule has 1 amide bonds. The predicted octanol–water partition coefficient (Wildman–Crippen LogP) is 3.77. The van der Waals surface area contributed by atoms with E-state index in [-0.39, 0.29) is 42.5 Å². The lowest BCUT2D eigenvalue weighted by atomic mass is 9.58. The maximum atomic E-state index is 13.1. The molecule has 10 nitrogen and oxygen atoms in total. The van der Waals surface area contributed by atoms with Crippen molar-refractivity contribution in [2.45, 2.75) is 12.5 Å². The van der Waals surface area contributed by atoms with Crippen molar-refractivity contribution in [2.24, 2.45) is 17.1 Å². The van der Waals surface area contributed by atoms with Crippen molar-refractivity contribution < 1.29 is 23.7 Å². The molecule has 2 aromatic carbocycles. The summed E-state index contributed by atoms with van der Waals surface area (Å²) >= 11 is 0. The fourth-order valence-corrected chi connectivity index (χ4v) is 5.35. The van der Waals surface area contributed by atoms with E-state index in [1.807, 2.05) is 30.3 Å². The van der Waals surface area contributed by atoms with Crippen LogP contribution in [0.4, 0.5) is 4.79 Å². The molecule has 4 rings (SSSR count). The molecule has 1 aliphatic heterocycles. The maximum absolute atomic E-state index is 13.1. The number of nitrogens with zero attached hydrogens (tertiary/aromatic N) is 4. The summed E-state index contributed by atoms with van der Waals surface area (Å²) in [4.78, 5) is 14.6. The van der Waals surface area contributed by atoms with Gasteiger partial charge in [-0.15, -0.1) is 0 Å². The van der Waals surface area contributed by atoms with E-state index in [1.54, 1.807) is 18.2 Å². The summed E-state index contributed by atoms with van der Waals surface area (Å²) in [5, 5.41) is 30.8. The molecule has 0 fully saturated rings. The molecular formula is C29H27N5O5. The van der Waals surface area contributed by atoms with Gasteiger partial charge in [-0.1, -0.05) is 42.5 Å². The normalized spacial score (nSPS) is 19.4. The van der Waals surface area contributed by atoms with Gasteiger partial charge in [-0.3, -0.25) is 0 Å². The highest BCUT2D eigenvalue weighted by Crippen LogP contribution is 2.57. The molecule has 10 heteroatoms. The highest BCUT2D eigenvalue weighted by Gasteiger charge is 2.56. The van der Waals surface area contributed by atoms with Crippen LogP contribution in [0.3, 0.4) is 0 Å². The quantitative estimate of drug-likeness (QED) is 0.593. The molecule has 1 aliphatic carbocycles. The van der Waals surface area contributed by atoms with Crippen LogP contribution in [0.2, 0.25) is 0 Å². The average Bonchev–Trinajstić information content (AvgIpc) is 2.98. The summed E-state index contributed by atoms with van der Waals surface area (Å²) in [7, 11) is 4.37. The lowest BCUT2D eigenvalue weighted by Crippen LogP contribution is -2.49. The van der Waals surface area contributed by atoms with E-state index in [2.05, 4.69) is 18.2 Å². The Labute approximate surface area is 226 Å². The van der Waals surface area contributed by atoms with E-state index < -0.39 is 23.3 Å². The number of allylic oxidation sites excluding steroid dienone is 2. The molecule has 39 heavy (non-hydrogen) atoms. The first kappa shape index (κ1) is 26.9. The molecule has 1 heterocycles. The molecule has 0 saturated heterocycles. The number of carbonyl (C=O) groups is 1. The Balaban J connectivity index is 1.84. The van der Waals surface area contributed by atoms with E-state index in [9.17, 15) is 20.6 Å². The Hall–Kier alpha value is -5.14. The zero-order chi connectivity index (χ0) is 28.2. The Morgan fingerprint density at radius 3 is 2.31 bits per heavy atom. The van der Waals surface area contributed by atoms with Crippen LogP contribution in [-0.2, 0) is 11.3 Å². The minimum Gasteiger partial charge on any atom is -0.493 e. The molecule has 2 aromatic rings. The number of fused-ring (bicyclic) bond motifs is 1. The van der Waals surface area contributed by atoms with Crippen LogP contribution in [0.25, 0.3) is 0 Å². The predicted molar refractivity (Wildman–Crippen MR) is 139 cm³/mol. The number of benzene rings is 2. The monoisotopic (exact) mass is 525 g/mol. The minimum atomic E-state index is -1.93. The van der Waals surface area contributed by atoms with Gasteiger partial charge >= 0.3 is 6.09 Å². The summed E-state index contributed by atoms with van der Waals surface area (Å²) in [6.45, 7) is 0.325. The van der Waals surface area contributed by atoms with Crippen molar-refractivity contribution in [3.8, 4) is 35.5 Å². The maximum Gasteiger partial charge on any atom is 0.410 e. The van der Waals surface area contributed by atoms with Gasteiger partial charge in [0, 0.05) is 30.5 Å². The van der Waals surface area contributed by atoms with Crippen LogP contribution in [0.1, 0.15) is 17.0 Å². The smallest absolute Gasteiger partial charge is 0.410 e. The summed E-state index contributed by atoms with van der Waals surface area (Å²) in [5.74, 6) is -0.656. The van der Waals surface area contributed by atoms with Crippen LogP contribution in [-0.4, -0.2) is 45.4 Å². The van der Waals surface area contributed by atoms with E-state index in [1.165, 1.54) is 26.2 Å². The summed E-state index contributed by atoms with van der Waals surface area (Å²) in [6.07, 6.45) is 1.16. The Morgan fingerprint density at radius 2 is 1.72 bits per heavy atom. The van der Waals surface area contributed by atoms with Gasteiger partial charge in [0.05, 0.1) is 44.7 Å². The molecule has 2 atom stereocenters. The van der Waals surface area contributed by atoms with Crippen LogP contribution < -0.4 is 19.9 Å². The SMILES string of the molecule is COc1ccc([C@@H]2[C@H]3CN(C(=O)OCc4ccccc4)CC=C3C(C#N)=C(N)C2(C#N)C#N)c(OC)c1OC. The number of rotatable bonds is 6. The molecule has 0 radical (unpaired) electrons. The van der Waals surface area contributed by atoms with Crippen molar-refractivity contribution in [1.82, 2.24) is 4.90 Å². The standard InChI is InChI=1S/C29H27N5O5/c1-36-23-10-9-20(25(37-2)26(23)38-3)24-22-14-34(28(35)39-15-18-7-5-4-6-8-18)12-11-19(22)21(13-30)27(33)29(24,16-31)17-32/h4-11,22,24H,12,14-15,33H2,1-3H3/t22-,24+/m0/s1. The molecule has 0 saturated carbocycles. The first-order valence-electron chi connectivity index (χ1n) is 12.1. The van der Waals surface area contributed by atoms with Gasteiger partial charge in [0.1, 0.15) is 12.7 Å². The second-order valence-electron chi connectivity index (χ2n) is 9.04. The van der Waals surface area contributed by atoms with Crippen LogP contribution >= 0.6 is 0 Å². The largest absolute Gasteiger partial charge is 0.493 e. The number of nitriles is 3. The van der Waals surface area contributed by atoms with Gasteiger partial charge in [-0.05, 0) is 17.2 Å². The van der Waals surface area contributed by atoms with Gasteiger partial charge in [-0.2, -0.15) is 15.8 Å². The number of carbonyl (C=O) groups excluding carboxylic acids is 1. The Kier molecular flexibility index (Phi) is 7.65. The zero-order valence-corrected chi connectivity index (χ0v) is 21.8. The highest BCUT2D eigenvalue weighted by molar-refractivity contribution is 5.70. The van der Waals surface area contributed by atoms with Gasteiger partial charge in [-0.25, -0.2) is 4.79 Å². The number of methoxy groups -OCH3 is 3. The fraction of sp³-hybridized carbons (Fsp3) is 0.310. The van der Waals surface area contributed by atoms with Crippen LogP contribution in [0.15, 0.2) is 65.4 Å². The Morgan fingerprint density at radius 1 is 1.03 bits per heavy atom. The third kappa shape index (κ3) is 4.45. The second kappa shape index (κ2) is 11.1. The van der Waals surface area contributed by atoms with Crippen molar-refractivity contribution in [1.29, 1.82) is 15.8 Å².